The van der Waals surface area contributed by atoms with Gasteiger partial charge in [-0.2, -0.15) is 0 Å². The highest BCUT2D eigenvalue weighted by Crippen LogP contribution is 2.19. The predicted molar refractivity (Wildman–Crippen MR) is 65.4 cm³/mol. The first kappa shape index (κ1) is 12.8. The van der Waals surface area contributed by atoms with E-state index in [4.69, 9.17) is 4.74 Å². The molecule has 2 atom stereocenters. The van der Waals surface area contributed by atoms with Gasteiger partial charge in [-0.3, -0.25) is 4.98 Å². The normalized spacial score (nSPS) is 20.4. The molecule has 2 unspecified atom stereocenters. The van der Waals surface area contributed by atoms with Crippen LogP contribution in [0.5, 0.6) is 0 Å². The summed E-state index contributed by atoms with van der Waals surface area (Å²) in [6.45, 7) is 3.65. The Morgan fingerprint density at radius 3 is 3.11 bits per heavy atom. The maximum absolute atomic E-state index is 11.3. The zero-order chi connectivity index (χ0) is 13.0. The number of rotatable bonds is 4. The van der Waals surface area contributed by atoms with Crippen molar-refractivity contribution in [1.29, 1.82) is 0 Å². The second-order valence-corrected chi connectivity index (χ2v) is 4.34. The van der Waals surface area contributed by atoms with Gasteiger partial charge in [0.15, 0.2) is 5.69 Å². The van der Waals surface area contributed by atoms with Gasteiger partial charge in [0.2, 0.25) is 0 Å². The molecule has 0 aliphatic carbocycles. The molecule has 1 aromatic rings. The number of nitrogens with one attached hydrogen (secondary N) is 1. The molecule has 0 saturated carbocycles. The van der Waals surface area contributed by atoms with Crippen LogP contribution in [0.15, 0.2) is 12.4 Å². The molecular weight excluding hydrogens is 234 g/mol. The van der Waals surface area contributed by atoms with E-state index in [1.54, 1.807) is 6.20 Å². The van der Waals surface area contributed by atoms with E-state index in [0.717, 1.165) is 19.6 Å². The highest BCUT2D eigenvalue weighted by molar-refractivity contribution is 5.87. The second kappa shape index (κ2) is 5.77. The largest absolute Gasteiger partial charge is 0.464 e. The van der Waals surface area contributed by atoms with Crippen molar-refractivity contribution in [1.82, 2.24) is 9.97 Å². The molecule has 1 saturated heterocycles. The molecule has 0 bridgehead atoms. The summed E-state index contributed by atoms with van der Waals surface area (Å²) < 4.78 is 9.95. The summed E-state index contributed by atoms with van der Waals surface area (Å²) in [7, 11) is 1.32. The summed E-state index contributed by atoms with van der Waals surface area (Å²) >= 11 is 0. The minimum absolute atomic E-state index is 0.206. The fourth-order valence-corrected chi connectivity index (χ4v) is 1.94. The van der Waals surface area contributed by atoms with Gasteiger partial charge < -0.3 is 14.8 Å². The molecule has 1 aliphatic heterocycles. The third-order valence-electron chi connectivity index (χ3n) is 3.08. The number of esters is 1. The van der Waals surface area contributed by atoms with Crippen LogP contribution in [0, 0.1) is 5.92 Å². The number of nitrogens with zero attached hydrogens (tertiary/aromatic N) is 2. The monoisotopic (exact) mass is 251 g/mol. The van der Waals surface area contributed by atoms with Gasteiger partial charge in [0.25, 0.3) is 0 Å². The van der Waals surface area contributed by atoms with Crippen molar-refractivity contribution in [2.24, 2.45) is 5.92 Å². The molecular formula is C12H17N3O3. The molecule has 1 aromatic heterocycles. The van der Waals surface area contributed by atoms with Gasteiger partial charge in [-0.15, -0.1) is 0 Å². The number of hydrogen-bond donors (Lipinski definition) is 1. The van der Waals surface area contributed by atoms with Crippen molar-refractivity contribution >= 4 is 11.8 Å². The molecule has 6 nitrogen and oxygen atoms in total. The topological polar surface area (TPSA) is 73.3 Å². The summed E-state index contributed by atoms with van der Waals surface area (Å²) in [5, 5.41) is 3.24. The summed E-state index contributed by atoms with van der Waals surface area (Å²) in [5.41, 5.74) is 0.206. The summed E-state index contributed by atoms with van der Waals surface area (Å²) in [4.78, 5) is 19.5. The Morgan fingerprint density at radius 1 is 1.61 bits per heavy atom. The van der Waals surface area contributed by atoms with Crippen molar-refractivity contribution in [2.75, 3.05) is 25.6 Å². The standard InChI is InChI=1S/C12H17N3O3/c1-8(9-3-4-18-7-9)14-11-6-13-5-10(15-11)12(16)17-2/h5-6,8-9H,3-4,7H2,1-2H3,(H,14,15). The molecule has 0 aromatic carbocycles. The summed E-state index contributed by atoms with van der Waals surface area (Å²) in [6, 6.07) is 0.231. The van der Waals surface area contributed by atoms with Crippen LogP contribution in [0.4, 0.5) is 5.82 Å². The minimum Gasteiger partial charge on any atom is -0.464 e. The number of hydrogen-bond acceptors (Lipinski definition) is 6. The quantitative estimate of drug-likeness (QED) is 0.808. The van der Waals surface area contributed by atoms with Gasteiger partial charge in [-0.25, -0.2) is 9.78 Å². The van der Waals surface area contributed by atoms with Crippen LogP contribution < -0.4 is 5.32 Å². The lowest BCUT2D eigenvalue weighted by molar-refractivity contribution is 0.0593. The predicted octanol–water partition coefficient (Wildman–Crippen LogP) is 1.10. The fraction of sp³-hybridized carbons (Fsp3) is 0.583. The second-order valence-electron chi connectivity index (χ2n) is 4.34. The smallest absolute Gasteiger partial charge is 0.358 e. The molecule has 98 valence electrons. The molecule has 1 aliphatic rings. The van der Waals surface area contributed by atoms with Gasteiger partial charge in [0.05, 0.1) is 26.1 Å². The van der Waals surface area contributed by atoms with Gasteiger partial charge in [0, 0.05) is 18.6 Å². The first-order chi connectivity index (χ1) is 8.70. The highest BCUT2D eigenvalue weighted by Gasteiger charge is 2.22. The molecule has 1 N–H and O–H groups in total. The van der Waals surface area contributed by atoms with Crippen LogP contribution in [-0.2, 0) is 9.47 Å². The Labute approximate surface area is 106 Å². The number of methoxy groups -OCH3 is 1. The van der Waals surface area contributed by atoms with E-state index in [-0.39, 0.29) is 11.7 Å². The molecule has 0 radical (unpaired) electrons. The number of aromatic nitrogens is 2. The Balaban J connectivity index is 2.02. The third kappa shape index (κ3) is 2.95. The Morgan fingerprint density at radius 2 is 2.44 bits per heavy atom. The van der Waals surface area contributed by atoms with Gasteiger partial charge in [-0.1, -0.05) is 0 Å². The van der Waals surface area contributed by atoms with Gasteiger partial charge in [-0.05, 0) is 13.3 Å². The van der Waals surface area contributed by atoms with E-state index in [2.05, 4.69) is 26.9 Å². The van der Waals surface area contributed by atoms with E-state index in [1.807, 2.05) is 0 Å². The molecule has 2 heterocycles. The van der Waals surface area contributed by atoms with E-state index in [9.17, 15) is 4.79 Å². The van der Waals surface area contributed by atoms with Crippen molar-refractivity contribution in [3.05, 3.63) is 18.1 Å². The van der Waals surface area contributed by atoms with Crippen molar-refractivity contribution in [2.45, 2.75) is 19.4 Å². The fourth-order valence-electron chi connectivity index (χ4n) is 1.94. The van der Waals surface area contributed by atoms with Gasteiger partial charge >= 0.3 is 5.97 Å². The maximum Gasteiger partial charge on any atom is 0.358 e. The van der Waals surface area contributed by atoms with E-state index in [1.165, 1.54) is 13.3 Å². The Kier molecular flexibility index (Phi) is 4.09. The number of carbonyl (C=O) groups excluding carboxylic acids is 1. The Hall–Kier alpha value is -1.69. The van der Waals surface area contributed by atoms with Gasteiger partial charge in [0.1, 0.15) is 5.82 Å². The van der Waals surface area contributed by atoms with Crippen LogP contribution in [0.2, 0.25) is 0 Å². The van der Waals surface area contributed by atoms with Crippen LogP contribution in [0.3, 0.4) is 0 Å². The third-order valence-corrected chi connectivity index (χ3v) is 3.08. The SMILES string of the molecule is COC(=O)c1cncc(NC(C)C2CCOC2)n1. The molecule has 1 fully saturated rings. The summed E-state index contributed by atoms with van der Waals surface area (Å²) in [6.07, 6.45) is 4.03. The van der Waals surface area contributed by atoms with E-state index in [0.29, 0.717) is 11.7 Å². The average molecular weight is 251 g/mol. The highest BCUT2D eigenvalue weighted by atomic mass is 16.5. The number of anilines is 1. The number of carbonyl (C=O) groups is 1. The van der Waals surface area contributed by atoms with Crippen molar-refractivity contribution in [3.8, 4) is 0 Å². The van der Waals surface area contributed by atoms with Crippen LogP contribution >= 0.6 is 0 Å². The molecule has 0 amide bonds. The Bertz CT molecular complexity index is 419. The van der Waals surface area contributed by atoms with Crippen LogP contribution in [0.1, 0.15) is 23.8 Å². The average Bonchev–Trinajstić information content (AvgIpc) is 2.92. The van der Waals surface area contributed by atoms with Crippen LogP contribution in [0.25, 0.3) is 0 Å². The summed E-state index contributed by atoms with van der Waals surface area (Å²) in [5.74, 6) is 0.564. The minimum atomic E-state index is -0.483. The lowest BCUT2D eigenvalue weighted by Crippen LogP contribution is -2.27. The van der Waals surface area contributed by atoms with Crippen molar-refractivity contribution < 1.29 is 14.3 Å². The zero-order valence-electron chi connectivity index (χ0n) is 10.5. The first-order valence-corrected chi connectivity index (χ1v) is 5.95. The molecule has 18 heavy (non-hydrogen) atoms. The molecule has 0 spiro atoms. The molecule has 6 heteroatoms. The lowest BCUT2D eigenvalue weighted by Gasteiger charge is -2.19. The van der Waals surface area contributed by atoms with E-state index >= 15 is 0 Å². The first-order valence-electron chi connectivity index (χ1n) is 5.95. The number of ether oxygens (including phenoxy) is 2. The lowest BCUT2D eigenvalue weighted by atomic mass is 10.0. The van der Waals surface area contributed by atoms with E-state index < -0.39 is 5.97 Å². The molecule has 2 rings (SSSR count). The van der Waals surface area contributed by atoms with Crippen molar-refractivity contribution in [3.63, 3.8) is 0 Å². The maximum atomic E-state index is 11.3. The van der Waals surface area contributed by atoms with Crippen LogP contribution in [-0.4, -0.2) is 42.3 Å². The zero-order valence-corrected chi connectivity index (χ0v) is 10.5.